The van der Waals surface area contributed by atoms with Crippen LogP contribution in [0.2, 0.25) is 0 Å². The molecule has 0 atom stereocenters. The normalized spacial score (nSPS) is 10.4. The summed E-state index contributed by atoms with van der Waals surface area (Å²) in [4.78, 5) is 20.2. The van der Waals surface area contributed by atoms with Crippen molar-refractivity contribution in [3.05, 3.63) is 11.8 Å². The Morgan fingerprint density at radius 1 is 1.35 bits per heavy atom. The van der Waals surface area contributed by atoms with Crippen LogP contribution in [0.15, 0.2) is 6.20 Å². The first kappa shape index (κ1) is 16.2. The summed E-state index contributed by atoms with van der Waals surface area (Å²) < 4.78 is 0. The van der Waals surface area contributed by atoms with Gasteiger partial charge in [0.15, 0.2) is 0 Å². The van der Waals surface area contributed by atoms with Crippen LogP contribution in [-0.2, 0) is 4.79 Å². The van der Waals surface area contributed by atoms with Crippen LogP contribution >= 0.6 is 0 Å². The molecule has 0 bridgehead atoms. The average molecular weight is 279 g/mol. The predicted octanol–water partition coefficient (Wildman–Crippen LogP) is 1.79. The van der Waals surface area contributed by atoms with Crippen LogP contribution in [0.3, 0.4) is 0 Å². The summed E-state index contributed by atoms with van der Waals surface area (Å²) in [7, 11) is 0. The molecule has 1 aromatic heterocycles. The van der Waals surface area contributed by atoms with E-state index in [1.807, 2.05) is 6.92 Å². The van der Waals surface area contributed by atoms with Gasteiger partial charge in [-0.05, 0) is 19.3 Å². The van der Waals surface area contributed by atoms with Crippen molar-refractivity contribution >= 4 is 17.7 Å². The Bertz CT molecular complexity index is 434. The van der Waals surface area contributed by atoms with Gasteiger partial charge in [0.05, 0.1) is 6.54 Å². The van der Waals surface area contributed by atoms with Crippen LogP contribution < -0.4 is 16.0 Å². The van der Waals surface area contributed by atoms with Crippen molar-refractivity contribution < 1.29 is 4.79 Å². The van der Waals surface area contributed by atoms with E-state index in [4.69, 9.17) is 0 Å². The van der Waals surface area contributed by atoms with Crippen LogP contribution in [0.4, 0.5) is 11.8 Å². The zero-order chi connectivity index (χ0) is 15.0. The number of aromatic nitrogens is 2. The summed E-state index contributed by atoms with van der Waals surface area (Å²) in [5, 5.41) is 9.04. The van der Waals surface area contributed by atoms with Gasteiger partial charge < -0.3 is 16.0 Å². The van der Waals surface area contributed by atoms with E-state index < -0.39 is 0 Å². The van der Waals surface area contributed by atoms with E-state index in [1.165, 1.54) is 0 Å². The monoisotopic (exact) mass is 279 g/mol. The van der Waals surface area contributed by atoms with E-state index in [2.05, 4.69) is 46.7 Å². The Morgan fingerprint density at radius 3 is 2.75 bits per heavy atom. The minimum atomic E-state index is -0.0280. The van der Waals surface area contributed by atoms with Crippen molar-refractivity contribution in [2.24, 2.45) is 5.92 Å². The second-order valence-electron chi connectivity index (χ2n) is 5.20. The van der Waals surface area contributed by atoms with Gasteiger partial charge >= 0.3 is 0 Å². The maximum absolute atomic E-state index is 11.7. The molecule has 0 radical (unpaired) electrons. The molecule has 0 aliphatic rings. The lowest BCUT2D eigenvalue weighted by Gasteiger charge is -2.11. The number of hydrogen-bond acceptors (Lipinski definition) is 5. The molecule has 1 heterocycles. The highest BCUT2D eigenvalue weighted by Crippen LogP contribution is 2.12. The number of anilines is 2. The first-order chi connectivity index (χ1) is 9.52. The summed E-state index contributed by atoms with van der Waals surface area (Å²) in [6.07, 6.45) is 2.76. The second kappa shape index (κ2) is 8.35. The average Bonchev–Trinajstić information content (AvgIpc) is 2.42. The quantitative estimate of drug-likeness (QED) is 0.676. The van der Waals surface area contributed by atoms with Gasteiger partial charge in [0.2, 0.25) is 11.9 Å². The lowest BCUT2D eigenvalue weighted by molar-refractivity contribution is -0.119. The Balaban J connectivity index is 2.51. The number of carbonyl (C=O) groups excluding carboxylic acids is 1. The standard InChI is InChI=1S/C14H25N5O/c1-5-6-15-14-18-8-11(4)13(19-14)17-9-12(20)16-7-10(2)3/h8,10H,5-7,9H2,1-4H3,(H,16,20)(H2,15,17,18,19). The van der Waals surface area contributed by atoms with Crippen molar-refractivity contribution in [3.8, 4) is 0 Å². The molecule has 112 valence electrons. The summed E-state index contributed by atoms with van der Waals surface area (Å²) in [6, 6.07) is 0. The summed E-state index contributed by atoms with van der Waals surface area (Å²) in [5.41, 5.74) is 0.920. The highest BCUT2D eigenvalue weighted by molar-refractivity contribution is 5.80. The third kappa shape index (κ3) is 5.86. The fourth-order valence-electron chi connectivity index (χ4n) is 1.49. The number of amides is 1. The van der Waals surface area contributed by atoms with E-state index in [0.29, 0.717) is 24.2 Å². The molecule has 3 N–H and O–H groups in total. The van der Waals surface area contributed by atoms with Crippen LogP contribution in [-0.4, -0.2) is 35.5 Å². The van der Waals surface area contributed by atoms with Crippen molar-refractivity contribution in [2.75, 3.05) is 30.3 Å². The van der Waals surface area contributed by atoms with Gasteiger partial charge in [-0.1, -0.05) is 20.8 Å². The smallest absolute Gasteiger partial charge is 0.239 e. The van der Waals surface area contributed by atoms with Crippen molar-refractivity contribution in [1.82, 2.24) is 15.3 Å². The number of aryl methyl sites for hydroxylation is 1. The first-order valence-corrected chi connectivity index (χ1v) is 7.11. The van der Waals surface area contributed by atoms with E-state index in [1.54, 1.807) is 6.20 Å². The summed E-state index contributed by atoms with van der Waals surface area (Å²) in [5.74, 6) is 1.70. The number of nitrogens with one attached hydrogen (secondary N) is 3. The fourth-order valence-corrected chi connectivity index (χ4v) is 1.49. The molecular formula is C14H25N5O. The largest absolute Gasteiger partial charge is 0.361 e. The molecule has 0 spiro atoms. The molecule has 1 amide bonds. The molecule has 0 fully saturated rings. The molecule has 0 aromatic carbocycles. The lowest BCUT2D eigenvalue weighted by Crippen LogP contribution is -2.32. The molecule has 0 saturated heterocycles. The Hall–Kier alpha value is -1.85. The van der Waals surface area contributed by atoms with E-state index in [9.17, 15) is 4.79 Å². The zero-order valence-electron chi connectivity index (χ0n) is 12.8. The fraction of sp³-hybridized carbons (Fsp3) is 0.643. The van der Waals surface area contributed by atoms with Gasteiger partial charge in [0.25, 0.3) is 0 Å². The van der Waals surface area contributed by atoms with Crippen LogP contribution in [0.25, 0.3) is 0 Å². The topological polar surface area (TPSA) is 78.9 Å². The molecule has 1 rings (SSSR count). The highest BCUT2D eigenvalue weighted by atomic mass is 16.1. The van der Waals surface area contributed by atoms with Gasteiger partial charge in [-0.2, -0.15) is 4.98 Å². The molecule has 0 saturated carbocycles. The van der Waals surface area contributed by atoms with E-state index in [0.717, 1.165) is 18.5 Å². The number of carbonyl (C=O) groups is 1. The van der Waals surface area contributed by atoms with Crippen molar-refractivity contribution in [3.63, 3.8) is 0 Å². The minimum absolute atomic E-state index is 0.0280. The molecule has 0 unspecified atom stereocenters. The molecule has 6 heteroatoms. The Labute approximate surface area is 120 Å². The molecule has 0 aliphatic heterocycles. The van der Waals surface area contributed by atoms with Gasteiger partial charge in [-0.3, -0.25) is 4.79 Å². The van der Waals surface area contributed by atoms with Crippen LogP contribution in [0, 0.1) is 12.8 Å². The first-order valence-electron chi connectivity index (χ1n) is 7.11. The number of nitrogens with zero attached hydrogens (tertiary/aromatic N) is 2. The lowest BCUT2D eigenvalue weighted by atomic mass is 10.2. The maximum Gasteiger partial charge on any atom is 0.239 e. The Kier molecular flexibility index (Phi) is 6.76. The van der Waals surface area contributed by atoms with Gasteiger partial charge in [0, 0.05) is 24.8 Å². The van der Waals surface area contributed by atoms with Crippen LogP contribution in [0.1, 0.15) is 32.8 Å². The Morgan fingerprint density at radius 2 is 2.10 bits per heavy atom. The number of rotatable bonds is 8. The molecular weight excluding hydrogens is 254 g/mol. The second-order valence-corrected chi connectivity index (χ2v) is 5.20. The minimum Gasteiger partial charge on any atom is -0.361 e. The van der Waals surface area contributed by atoms with Gasteiger partial charge in [-0.15, -0.1) is 0 Å². The predicted molar refractivity (Wildman–Crippen MR) is 81.9 cm³/mol. The summed E-state index contributed by atoms with van der Waals surface area (Å²) in [6.45, 7) is 9.86. The zero-order valence-corrected chi connectivity index (χ0v) is 12.8. The molecule has 1 aromatic rings. The molecule has 6 nitrogen and oxygen atoms in total. The summed E-state index contributed by atoms with van der Waals surface area (Å²) >= 11 is 0. The third-order valence-electron chi connectivity index (χ3n) is 2.63. The molecule has 0 aliphatic carbocycles. The van der Waals surface area contributed by atoms with Gasteiger partial charge in [0.1, 0.15) is 5.82 Å². The number of hydrogen-bond donors (Lipinski definition) is 3. The molecule has 20 heavy (non-hydrogen) atoms. The third-order valence-corrected chi connectivity index (χ3v) is 2.63. The van der Waals surface area contributed by atoms with Crippen molar-refractivity contribution in [1.29, 1.82) is 0 Å². The van der Waals surface area contributed by atoms with E-state index in [-0.39, 0.29) is 12.5 Å². The highest BCUT2D eigenvalue weighted by Gasteiger charge is 2.06. The maximum atomic E-state index is 11.7. The van der Waals surface area contributed by atoms with Gasteiger partial charge in [-0.25, -0.2) is 4.98 Å². The van der Waals surface area contributed by atoms with E-state index >= 15 is 0 Å². The SMILES string of the molecule is CCCNc1ncc(C)c(NCC(=O)NCC(C)C)n1. The van der Waals surface area contributed by atoms with Crippen molar-refractivity contribution in [2.45, 2.75) is 34.1 Å². The van der Waals surface area contributed by atoms with Crippen LogP contribution in [0.5, 0.6) is 0 Å².